The Hall–Kier alpha value is -4.70. The Balaban J connectivity index is 1.51. The van der Waals surface area contributed by atoms with E-state index in [-0.39, 0.29) is 5.78 Å². The van der Waals surface area contributed by atoms with Crippen LogP contribution in [0.1, 0.15) is 27.0 Å². The van der Waals surface area contributed by atoms with Gasteiger partial charge in [-0.2, -0.15) is 0 Å². The average molecular weight is 471 g/mol. The van der Waals surface area contributed by atoms with Crippen molar-refractivity contribution in [3.8, 4) is 17.0 Å². The fraction of sp³-hybridized carbons (Fsp3) is 0.0625. The summed E-state index contributed by atoms with van der Waals surface area (Å²) in [6.45, 7) is 2.08. The van der Waals surface area contributed by atoms with E-state index < -0.39 is 0 Å². The first-order valence-electron chi connectivity index (χ1n) is 11.8. The maximum atomic E-state index is 13.1. The Morgan fingerprint density at radius 1 is 0.861 bits per heavy atom. The van der Waals surface area contributed by atoms with Gasteiger partial charge in [0.1, 0.15) is 5.75 Å². The van der Waals surface area contributed by atoms with E-state index in [4.69, 9.17) is 9.73 Å². The van der Waals surface area contributed by atoms with Gasteiger partial charge in [-0.05, 0) is 48.9 Å². The fourth-order valence-corrected chi connectivity index (χ4v) is 4.23. The van der Waals surface area contributed by atoms with Crippen LogP contribution in [0.3, 0.4) is 0 Å². The van der Waals surface area contributed by atoms with Crippen LogP contribution >= 0.6 is 0 Å². The molecule has 4 aromatic carbocycles. The Labute approximate surface area is 210 Å². The summed E-state index contributed by atoms with van der Waals surface area (Å²) in [7, 11) is 1.62. The number of hydrogen-bond acceptors (Lipinski definition) is 3. The third-order valence-electron chi connectivity index (χ3n) is 6.14. The SMILES string of the molecule is COc1ccccc1/C=C/C(=O)c1ccccc1N=Cc1c(-c2ccc(C)cc2)[nH]c2ccccc12. The van der Waals surface area contributed by atoms with Gasteiger partial charge < -0.3 is 9.72 Å². The van der Waals surface area contributed by atoms with Crippen molar-refractivity contribution < 1.29 is 9.53 Å². The Bertz CT molecular complexity index is 1590. The number of aromatic nitrogens is 1. The molecule has 0 saturated heterocycles. The highest BCUT2D eigenvalue weighted by atomic mass is 16.5. The molecule has 0 aliphatic carbocycles. The number of carbonyl (C=O) groups is 1. The number of allylic oxidation sites excluding steroid dienone is 1. The zero-order valence-corrected chi connectivity index (χ0v) is 20.2. The molecule has 0 aliphatic rings. The van der Waals surface area contributed by atoms with Gasteiger partial charge in [0.2, 0.25) is 0 Å². The molecule has 4 heteroatoms. The van der Waals surface area contributed by atoms with Crippen molar-refractivity contribution in [1.29, 1.82) is 0 Å². The number of aromatic amines is 1. The smallest absolute Gasteiger partial charge is 0.188 e. The van der Waals surface area contributed by atoms with Crippen LogP contribution < -0.4 is 4.74 Å². The van der Waals surface area contributed by atoms with Crippen molar-refractivity contribution in [3.05, 3.63) is 125 Å². The minimum Gasteiger partial charge on any atom is -0.496 e. The zero-order valence-electron chi connectivity index (χ0n) is 20.2. The van der Waals surface area contributed by atoms with Crippen molar-refractivity contribution in [2.75, 3.05) is 7.11 Å². The zero-order chi connectivity index (χ0) is 24.9. The number of nitrogens with zero attached hydrogens (tertiary/aromatic N) is 1. The molecule has 0 atom stereocenters. The molecule has 1 aromatic heterocycles. The van der Waals surface area contributed by atoms with E-state index in [1.165, 1.54) is 5.56 Å². The number of fused-ring (bicyclic) bond motifs is 1. The first-order valence-corrected chi connectivity index (χ1v) is 11.8. The molecule has 176 valence electrons. The van der Waals surface area contributed by atoms with Crippen LogP contribution in [0.25, 0.3) is 28.2 Å². The van der Waals surface area contributed by atoms with E-state index in [0.717, 1.165) is 39.0 Å². The molecule has 36 heavy (non-hydrogen) atoms. The minimum absolute atomic E-state index is 0.119. The fourth-order valence-electron chi connectivity index (χ4n) is 4.23. The van der Waals surface area contributed by atoms with E-state index in [9.17, 15) is 4.79 Å². The molecule has 4 nitrogen and oxygen atoms in total. The van der Waals surface area contributed by atoms with Crippen LogP contribution in [-0.2, 0) is 0 Å². The number of para-hydroxylation sites is 3. The van der Waals surface area contributed by atoms with E-state index in [0.29, 0.717) is 11.3 Å². The van der Waals surface area contributed by atoms with Crippen LogP contribution in [0.2, 0.25) is 0 Å². The van der Waals surface area contributed by atoms with Gasteiger partial charge in [0.15, 0.2) is 5.78 Å². The number of ketones is 1. The highest BCUT2D eigenvalue weighted by Gasteiger charge is 2.13. The molecule has 5 aromatic rings. The van der Waals surface area contributed by atoms with Crippen molar-refractivity contribution in [1.82, 2.24) is 4.98 Å². The topological polar surface area (TPSA) is 54.4 Å². The largest absolute Gasteiger partial charge is 0.496 e. The molecule has 0 bridgehead atoms. The third-order valence-corrected chi connectivity index (χ3v) is 6.14. The second-order valence-corrected chi connectivity index (χ2v) is 8.54. The lowest BCUT2D eigenvalue weighted by Gasteiger charge is -2.05. The second kappa shape index (κ2) is 10.3. The van der Waals surface area contributed by atoms with Crippen LogP contribution in [-0.4, -0.2) is 24.1 Å². The maximum absolute atomic E-state index is 13.1. The summed E-state index contributed by atoms with van der Waals surface area (Å²) in [6, 6.07) is 31.6. The molecule has 1 N–H and O–H groups in total. The summed E-state index contributed by atoms with van der Waals surface area (Å²) in [6.07, 6.45) is 5.19. The molecule has 0 aliphatic heterocycles. The first-order chi connectivity index (χ1) is 17.6. The molecule has 0 spiro atoms. The van der Waals surface area contributed by atoms with E-state index in [2.05, 4.69) is 48.3 Å². The summed E-state index contributed by atoms with van der Waals surface area (Å²) < 4.78 is 5.39. The van der Waals surface area contributed by atoms with Crippen molar-refractivity contribution >= 4 is 34.7 Å². The Morgan fingerprint density at radius 3 is 2.42 bits per heavy atom. The molecule has 5 rings (SSSR count). The van der Waals surface area contributed by atoms with Crippen LogP contribution in [0.4, 0.5) is 5.69 Å². The number of ether oxygens (including phenoxy) is 1. The van der Waals surface area contributed by atoms with Crippen LogP contribution in [0, 0.1) is 6.92 Å². The van der Waals surface area contributed by atoms with Gasteiger partial charge in [0, 0.05) is 33.8 Å². The summed E-state index contributed by atoms with van der Waals surface area (Å²) in [5, 5.41) is 1.08. The highest BCUT2D eigenvalue weighted by Crippen LogP contribution is 2.30. The summed E-state index contributed by atoms with van der Waals surface area (Å²) in [4.78, 5) is 21.5. The van der Waals surface area contributed by atoms with Crippen molar-refractivity contribution in [2.24, 2.45) is 4.99 Å². The van der Waals surface area contributed by atoms with Crippen molar-refractivity contribution in [3.63, 3.8) is 0 Å². The van der Waals surface area contributed by atoms with Crippen LogP contribution in [0.5, 0.6) is 5.75 Å². The molecule has 1 heterocycles. The maximum Gasteiger partial charge on any atom is 0.188 e. The number of rotatable bonds is 7. The van der Waals surface area contributed by atoms with Gasteiger partial charge >= 0.3 is 0 Å². The quantitative estimate of drug-likeness (QED) is 0.150. The molecular weight excluding hydrogens is 444 g/mol. The molecule has 0 fully saturated rings. The lowest BCUT2D eigenvalue weighted by atomic mass is 10.0. The van der Waals surface area contributed by atoms with Gasteiger partial charge in [-0.25, -0.2) is 0 Å². The highest BCUT2D eigenvalue weighted by molar-refractivity contribution is 6.11. The van der Waals surface area contributed by atoms with E-state index in [1.54, 1.807) is 25.3 Å². The summed E-state index contributed by atoms with van der Waals surface area (Å²) in [5.74, 6) is 0.599. The number of hydrogen-bond donors (Lipinski definition) is 1. The van der Waals surface area contributed by atoms with Crippen molar-refractivity contribution in [2.45, 2.75) is 6.92 Å². The van der Waals surface area contributed by atoms with Crippen LogP contribution in [0.15, 0.2) is 108 Å². The van der Waals surface area contributed by atoms with E-state index >= 15 is 0 Å². The van der Waals surface area contributed by atoms with Gasteiger partial charge in [-0.15, -0.1) is 0 Å². The number of benzene rings is 4. The summed E-state index contributed by atoms with van der Waals surface area (Å²) >= 11 is 0. The molecule has 0 unspecified atom stereocenters. The minimum atomic E-state index is -0.119. The number of H-pyrrole nitrogens is 1. The predicted octanol–water partition coefficient (Wildman–Crippen LogP) is 7.80. The standard InChI is InChI=1S/C32H26N2O2/c1-22-15-17-24(18-16-22)32-27(25-10-4-7-13-29(25)34-32)21-33-28-12-6-5-11-26(28)30(35)20-19-23-9-3-8-14-31(23)36-2/h3-21,34H,1-2H3/b20-19+,33-21?. The lowest BCUT2D eigenvalue weighted by molar-refractivity contribution is 0.104. The Kier molecular flexibility index (Phi) is 6.59. The van der Waals surface area contributed by atoms with E-state index in [1.807, 2.05) is 60.8 Å². The molecule has 0 amide bonds. The Morgan fingerprint density at radius 2 is 1.58 bits per heavy atom. The number of carbonyl (C=O) groups excluding carboxylic acids is 1. The molecule has 0 saturated carbocycles. The lowest BCUT2D eigenvalue weighted by Crippen LogP contribution is -1.95. The van der Waals surface area contributed by atoms with Gasteiger partial charge in [0.05, 0.1) is 18.5 Å². The average Bonchev–Trinajstić information content (AvgIpc) is 3.29. The third kappa shape index (κ3) is 4.75. The normalized spacial score (nSPS) is 11.5. The second-order valence-electron chi connectivity index (χ2n) is 8.54. The monoisotopic (exact) mass is 470 g/mol. The van der Waals surface area contributed by atoms with Gasteiger partial charge in [-0.3, -0.25) is 9.79 Å². The van der Waals surface area contributed by atoms with Gasteiger partial charge in [0.25, 0.3) is 0 Å². The number of methoxy groups -OCH3 is 1. The molecule has 0 radical (unpaired) electrons. The van der Waals surface area contributed by atoms with Gasteiger partial charge in [-0.1, -0.05) is 78.4 Å². The first kappa shape index (κ1) is 23.1. The summed E-state index contributed by atoms with van der Waals surface area (Å²) in [5.41, 5.74) is 7.32. The number of aryl methyl sites for hydroxylation is 1. The molecular formula is C32H26N2O2. The number of aliphatic imine (C=N–C) groups is 1. The predicted molar refractivity (Wildman–Crippen MR) is 149 cm³/mol. The number of nitrogens with one attached hydrogen (secondary N) is 1.